The zero-order chi connectivity index (χ0) is 24.7. The number of carbonyl (C=O) groups excluding carboxylic acids is 1. The Hall–Kier alpha value is -4.57. The standard InChI is InChI=1S/C32H20F2O2/c33-25-15-9-23(10-16-25)31-27-7-3-1-5-21(27)11-19-29(31)36-32(24-13-17-26(34)18-14-24)28-8-4-2-6-22(28)12-20-30(32)35/h1-20H. The second-order valence-corrected chi connectivity index (χ2v) is 8.74. The molecule has 0 bridgehead atoms. The SMILES string of the molecule is O=C1C=Cc2ccccc2C1(Oc1ccc2ccccc2c1-c1ccc(F)cc1)c1ccc(F)cc1. The van der Waals surface area contributed by atoms with Crippen LogP contribution in [-0.2, 0) is 10.4 Å². The molecule has 4 heteroatoms. The lowest BCUT2D eigenvalue weighted by Crippen LogP contribution is -2.44. The molecule has 1 unspecified atom stereocenters. The van der Waals surface area contributed by atoms with Crippen molar-refractivity contribution in [1.82, 2.24) is 0 Å². The zero-order valence-corrected chi connectivity index (χ0v) is 19.1. The summed E-state index contributed by atoms with van der Waals surface area (Å²) in [5, 5.41) is 1.89. The molecule has 0 radical (unpaired) electrons. The van der Waals surface area contributed by atoms with Crippen molar-refractivity contribution in [2.45, 2.75) is 5.60 Å². The lowest BCUT2D eigenvalue weighted by Gasteiger charge is -2.37. The van der Waals surface area contributed by atoms with Crippen LogP contribution in [0.25, 0.3) is 28.0 Å². The van der Waals surface area contributed by atoms with Gasteiger partial charge in [-0.2, -0.15) is 0 Å². The number of carbonyl (C=O) groups is 1. The lowest BCUT2D eigenvalue weighted by molar-refractivity contribution is -0.127. The van der Waals surface area contributed by atoms with E-state index >= 15 is 0 Å². The van der Waals surface area contributed by atoms with Crippen molar-refractivity contribution in [2.24, 2.45) is 0 Å². The molecule has 0 amide bonds. The van der Waals surface area contributed by atoms with Crippen LogP contribution in [0.15, 0.2) is 115 Å². The average Bonchev–Trinajstić information content (AvgIpc) is 2.91. The molecule has 1 aliphatic rings. The second-order valence-electron chi connectivity index (χ2n) is 8.74. The Morgan fingerprint density at radius 3 is 2.08 bits per heavy atom. The molecule has 36 heavy (non-hydrogen) atoms. The van der Waals surface area contributed by atoms with Crippen molar-refractivity contribution in [3.63, 3.8) is 0 Å². The highest BCUT2D eigenvalue weighted by atomic mass is 19.1. The summed E-state index contributed by atoms with van der Waals surface area (Å²) in [6.45, 7) is 0. The summed E-state index contributed by atoms with van der Waals surface area (Å²) < 4.78 is 34.5. The van der Waals surface area contributed by atoms with E-state index in [1.807, 2.05) is 60.7 Å². The van der Waals surface area contributed by atoms with Crippen LogP contribution in [0.5, 0.6) is 5.75 Å². The molecule has 0 saturated heterocycles. The molecule has 0 aliphatic heterocycles. The van der Waals surface area contributed by atoms with Gasteiger partial charge >= 0.3 is 0 Å². The van der Waals surface area contributed by atoms with E-state index < -0.39 is 11.4 Å². The van der Waals surface area contributed by atoms with Crippen molar-refractivity contribution < 1.29 is 18.3 Å². The Labute approximate surface area is 207 Å². The summed E-state index contributed by atoms with van der Waals surface area (Å²) in [6.07, 6.45) is 3.27. The van der Waals surface area contributed by atoms with Crippen LogP contribution in [0.3, 0.4) is 0 Å². The molecule has 0 fully saturated rings. The summed E-state index contributed by atoms with van der Waals surface area (Å²) in [5.41, 5.74) is 1.99. The molecular weight excluding hydrogens is 454 g/mol. The average molecular weight is 475 g/mol. The molecule has 1 atom stereocenters. The van der Waals surface area contributed by atoms with Crippen molar-refractivity contribution in [3.8, 4) is 16.9 Å². The minimum atomic E-state index is -1.53. The Morgan fingerprint density at radius 2 is 1.31 bits per heavy atom. The van der Waals surface area contributed by atoms with E-state index in [1.54, 1.807) is 30.3 Å². The van der Waals surface area contributed by atoms with Crippen molar-refractivity contribution in [2.75, 3.05) is 0 Å². The molecular formula is C32H20F2O2. The summed E-state index contributed by atoms with van der Waals surface area (Å²) in [7, 11) is 0. The van der Waals surface area contributed by atoms with Gasteiger partial charge in [-0.25, -0.2) is 8.78 Å². The second kappa shape index (κ2) is 8.58. The van der Waals surface area contributed by atoms with E-state index in [0.29, 0.717) is 16.9 Å². The molecule has 0 N–H and O–H groups in total. The highest BCUT2D eigenvalue weighted by Gasteiger charge is 2.46. The molecule has 5 aromatic rings. The van der Waals surface area contributed by atoms with Gasteiger partial charge in [0.25, 0.3) is 0 Å². The summed E-state index contributed by atoms with van der Waals surface area (Å²) in [6, 6.07) is 31.2. The quantitative estimate of drug-likeness (QED) is 0.267. The Kier molecular flexibility index (Phi) is 5.23. The van der Waals surface area contributed by atoms with Crippen LogP contribution in [0, 0.1) is 11.6 Å². The van der Waals surface area contributed by atoms with Gasteiger partial charge in [0.2, 0.25) is 11.4 Å². The monoisotopic (exact) mass is 474 g/mol. The Balaban J connectivity index is 1.64. The van der Waals surface area contributed by atoms with Crippen molar-refractivity contribution in [1.29, 1.82) is 0 Å². The largest absolute Gasteiger partial charge is 0.469 e. The maximum absolute atomic E-state index is 13.9. The number of ether oxygens (including phenoxy) is 1. The van der Waals surface area contributed by atoms with Crippen LogP contribution < -0.4 is 4.74 Å². The van der Waals surface area contributed by atoms with E-state index in [4.69, 9.17) is 4.74 Å². The molecule has 6 rings (SSSR count). The van der Waals surface area contributed by atoms with Crippen LogP contribution in [0.2, 0.25) is 0 Å². The van der Waals surface area contributed by atoms with E-state index in [9.17, 15) is 13.6 Å². The van der Waals surface area contributed by atoms with Gasteiger partial charge in [0.1, 0.15) is 17.4 Å². The first kappa shape index (κ1) is 21.9. The van der Waals surface area contributed by atoms with Crippen molar-refractivity contribution >= 4 is 22.6 Å². The highest BCUT2D eigenvalue weighted by Crippen LogP contribution is 2.45. The first-order valence-corrected chi connectivity index (χ1v) is 11.6. The van der Waals surface area contributed by atoms with Crippen LogP contribution in [0.1, 0.15) is 16.7 Å². The number of hydrogen-bond donors (Lipinski definition) is 0. The predicted octanol–water partition coefficient (Wildman–Crippen LogP) is 7.70. The number of ketones is 1. The van der Waals surface area contributed by atoms with Gasteiger partial charge in [-0.3, -0.25) is 4.79 Å². The van der Waals surface area contributed by atoms with E-state index in [-0.39, 0.29) is 11.6 Å². The van der Waals surface area contributed by atoms with Gasteiger partial charge < -0.3 is 4.74 Å². The summed E-state index contributed by atoms with van der Waals surface area (Å²) in [5.74, 6) is -0.557. The normalized spacial score (nSPS) is 16.7. The van der Waals surface area contributed by atoms with Crippen molar-refractivity contribution in [3.05, 3.63) is 144 Å². The first-order valence-electron chi connectivity index (χ1n) is 11.6. The maximum atomic E-state index is 13.9. The molecule has 0 spiro atoms. The fourth-order valence-corrected chi connectivity index (χ4v) is 4.94. The third kappa shape index (κ3) is 3.50. The fourth-order valence-electron chi connectivity index (χ4n) is 4.94. The zero-order valence-electron chi connectivity index (χ0n) is 19.1. The number of hydrogen-bond acceptors (Lipinski definition) is 2. The minimum Gasteiger partial charge on any atom is -0.469 e. The molecule has 0 aromatic heterocycles. The van der Waals surface area contributed by atoms with E-state index in [2.05, 4.69) is 0 Å². The molecule has 1 aliphatic carbocycles. The topological polar surface area (TPSA) is 26.3 Å². The van der Waals surface area contributed by atoms with Gasteiger partial charge in [-0.1, -0.05) is 84.9 Å². The predicted molar refractivity (Wildman–Crippen MR) is 138 cm³/mol. The number of benzene rings is 5. The molecule has 2 nitrogen and oxygen atoms in total. The fraction of sp³-hybridized carbons (Fsp3) is 0.0312. The van der Waals surface area contributed by atoms with Crippen LogP contribution in [-0.4, -0.2) is 5.78 Å². The minimum absolute atomic E-state index is 0.272. The summed E-state index contributed by atoms with van der Waals surface area (Å²) in [4.78, 5) is 13.8. The first-order chi connectivity index (χ1) is 17.6. The third-order valence-electron chi connectivity index (χ3n) is 6.64. The number of rotatable bonds is 4. The molecule has 0 saturated carbocycles. The van der Waals surface area contributed by atoms with Gasteiger partial charge in [-0.15, -0.1) is 0 Å². The highest BCUT2D eigenvalue weighted by molar-refractivity contribution is 6.07. The van der Waals surface area contributed by atoms with Crippen LogP contribution in [0.4, 0.5) is 8.78 Å². The van der Waals surface area contributed by atoms with Gasteiger partial charge in [0.15, 0.2) is 0 Å². The summed E-state index contributed by atoms with van der Waals surface area (Å²) >= 11 is 0. The smallest absolute Gasteiger partial charge is 0.221 e. The Bertz CT molecular complexity index is 1640. The molecule has 5 aromatic carbocycles. The van der Waals surface area contributed by atoms with Crippen LogP contribution >= 0.6 is 0 Å². The molecule has 174 valence electrons. The number of fused-ring (bicyclic) bond motifs is 2. The third-order valence-corrected chi connectivity index (χ3v) is 6.64. The number of halogens is 2. The maximum Gasteiger partial charge on any atom is 0.221 e. The van der Waals surface area contributed by atoms with E-state index in [0.717, 1.165) is 27.5 Å². The Morgan fingerprint density at radius 1 is 0.639 bits per heavy atom. The van der Waals surface area contributed by atoms with Gasteiger partial charge in [0, 0.05) is 16.7 Å². The van der Waals surface area contributed by atoms with Gasteiger partial charge in [-0.05, 0) is 58.3 Å². The molecule has 0 heterocycles. The van der Waals surface area contributed by atoms with E-state index in [1.165, 1.54) is 30.3 Å². The lowest BCUT2D eigenvalue weighted by atomic mass is 9.76. The van der Waals surface area contributed by atoms with Gasteiger partial charge in [0.05, 0.1) is 0 Å².